The van der Waals surface area contributed by atoms with E-state index < -0.39 is 14.1 Å². The van der Waals surface area contributed by atoms with Crippen molar-refractivity contribution >= 4 is 41.0 Å². The molecule has 8 aromatic rings. The van der Waals surface area contributed by atoms with Crippen molar-refractivity contribution in [1.29, 1.82) is 0 Å². The summed E-state index contributed by atoms with van der Waals surface area (Å²) in [5.41, 5.74) is 8.04. The van der Waals surface area contributed by atoms with E-state index in [1.165, 1.54) is 23.8 Å². The van der Waals surface area contributed by atoms with Crippen LogP contribution in [0.5, 0.6) is 17.2 Å². The Morgan fingerprint density at radius 3 is 1.39 bits per heavy atom. The van der Waals surface area contributed by atoms with Gasteiger partial charge < -0.3 is 42.7 Å². The first-order chi connectivity index (χ1) is 33.3. The Bertz CT molecular complexity index is 2960. The lowest BCUT2D eigenvalue weighted by molar-refractivity contribution is 0.292. The number of nitrogens with zero attached hydrogens (tertiary/aromatic N) is 4. The summed E-state index contributed by atoms with van der Waals surface area (Å²) in [6, 6.07) is 29.6. The highest BCUT2D eigenvalue weighted by Crippen LogP contribution is 2.38. The Morgan fingerprint density at radius 1 is 0.543 bits per heavy atom. The van der Waals surface area contributed by atoms with E-state index in [1.54, 1.807) is 12.1 Å². The van der Waals surface area contributed by atoms with Gasteiger partial charge in [-0.3, -0.25) is 0 Å². The molecule has 8 rings (SSSR count). The van der Waals surface area contributed by atoms with Gasteiger partial charge in [0, 0.05) is 88.5 Å². The quantitative estimate of drug-likeness (QED) is 0.0884. The number of ether oxygens (including phenoxy) is 2. The number of aryl methyl sites for hydroxylation is 3. The molecule has 0 radical (unpaired) electrons. The maximum absolute atomic E-state index is 14.5. The van der Waals surface area contributed by atoms with Crippen LogP contribution < -0.4 is 9.47 Å². The fourth-order valence-electron chi connectivity index (χ4n) is 8.35. The highest BCUT2D eigenvalue weighted by atomic mass is 28.4. The number of likely N-dealkylation sites (N-methyl/N-ethyl adjacent to an activating group) is 1. The molecule has 0 unspecified atom stereocenters. The predicted octanol–water partition coefficient (Wildman–Crippen LogP) is 12.1. The lowest BCUT2D eigenvalue weighted by atomic mass is 10.1. The van der Waals surface area contributed by atoms with E-state index in [1.807, 2.05) is 116 Å². The zero-order valence-corrected chi connectivity index (χ0v) is 43.6. The molecule has 0 fully saturated rings. The second-order valence-corrected chi connectivity index (χ2v) is 24.5. The van der Waals surface area contributed by atoms with Crippen molar-refractivity contribution in [2.45, 2.75) is 71.0 Å². The van der Waals surface area contributed by atoms with Crippen molar-refractivity contribution in [2.24, 2.45) is 21.1 Å². The van der Waals surface area contributed by atoms with E-state index in [0.717, 1.165) is 75.4 Å². The molecule has 2 N–H and O–H groups in total. The third-order valence-corrected chi connectivity index (χ3v) is 17.8. The minimum Gasteiger partial charge on any atom is -0.504 e. The molecule has 9 nitrogen and oxygen atoms in total. The lowest BCUT2D eigenvalue weighted by Crippen LogP contribution is -2.41. The van der Waals surface area contributed by atoms with Crippen molar-refractivity contribution in [3.8, 4) is 17.2 Å². The average Bonchev–Trinajstić information content (AvgIpc) is 3.94. The second kappa shape index (κ2) is 23.7. The van der Waals surface area contributed by atoms with Crippen molar-refractivity contribution in [3.05, 3.63) is 161 Å². The summed E-state index contributed by atoms with van der Waals surface area (Å²) in [4.78, 5) is 2.13. The van der Waals surface area contributed by atoms with Gasteiger partial charge in [-0.25, -0.2) is 13.2 Å². The van der Waals surface area contributed by atoms with Crippen LogP contribution in [0.3, 0.4) is 0 Å². The number of aromatic nitrogens is 3. The third kappa shape index (κ3) is 13.0. The Balaban J connectivity index is 0.000000173. The Labute approximate surface area is 412 Å². The largest absolute Gasteiger partial charge is 0.504 e. The van der Waals surface area contributed by atoms with E-state index in [2.05, 4.69) is 57.1 Å². The molecule has 0 spiro atoms. The summed E-state index contributed by atoms with van der Waals surface area (Å²) in [5.74, 6) is -0.843. The minimum atomic E-state index is -1.79. The summed E-state index contributed by atoms with van der Waals surface area (Å²) in [6.07, 6.45) is 9.44. The molecule has 0 amide bonds. The normalized spacial score (nSPS) is 11.8. The maximum atomic E-state index is 14.5. The lowest BCUT2D eigenvalue weighted by Gasteiger charge is -2.36. The number of aliphatic hydroxyl groups excluding tert-OH is 1. The van der Waals surface area contributed by atoms with Crippen LogP contribution in [0.4, 0.5) is 13.2 Å². The Kier molecular flexibility index (Phi) is 18.1. The average molecular weight is 977 g/mol. The number of fused-ring (bicyclic) bond motifs is 3. The van der Waals surface area contributed by atoms with E-state index in [4.69, 9.17) is 13.9 Å². The number of phenolic OH excluding ortho intramolecular Hbond substituents is 1. The van der Waals surface area contributed by atoms with Crippen LogP contribution in [0.25, 0.3) is 32.7 Å². The Hall–Kier alpha value is -5.99. The van der Waals surface area contributed by atoms with E-state index in [-0.39, 0.29) is 34.8 Å². The van der Waals surface area contributed by atoms with Gasteiger partial charge in [0.1, 0.15) is 0 Å². The van der Waals surface area contributed by atoms with Crippen LogP contribution in [-0.2, 0) is 57.7 Å². The molecular formula is C57H71F3N4O5Si. The number of aliphatic hydroxyl groups is 1. The summed E-state index contributed by atoms with van der Waals surface area (Å²) < 4.78 is 66.2. The summed E-state index contributed by atoms with van der Waals surface area (Å²) in [6.45, 7) is 13.5. The summed E-state index contributed by atoms with van der Waals surface area (Å²) in [5, 5.41) is 21.7. The number of rotatable bonds is 17. The van der Waals surface area contributed by atoms with Crippen molar-refractivity contribution < 1.29 is 37.3 Å². The first-order valence-electron chi connectivity index (χ1n) is 24.0. The molecule has 0 aliphatic rings. The minimum absolute atomic E-state index is 0.0269. The fourth-order valence-corrected chi connectivity index (χ4v) is 9.40. The smallest absolute Gasteiger partial charge is 0.191 e. The van der Waals surface area contributed by atoms with Gasteiger partial charge in [0.2, 0.25) is 0 Å². The predicted molar refractivity (Wildman–Crippen MR) is 281 cm³/mol. The van der Waals surface area contributed by atoms with Gasteiger partial charge in [0.05, 0.1) is 29.8 Å². The standard InChI is InChI=1S/C21H25FN2O.C19H20FNO2.C17H26FNO2Si/c1-23(2)13-11-17-15-24(3)19-10-9-18(22)21(20(17)19)25-14-12-16-7-5-4-6-8-16;1-21-13-15(9-11-22)18-17(21)8-7-16(20)19(18)23-12-10-14-5-3-2-4-6-14;1-17(2,3)22(5,6)21-10-9-12-11-19(4)14-8-7-13(18)16(20)15(12)14/h4-10,15H,11-14H2,1-3H3;2-8,13,22H,9-12H2,1H3;7-8,11,20H,9-10H2,1-6H3. The third-order valence-electron chi connectivity index (χ3n) is 13.2. The van der Waals surface area contributed by atoms with Crippen LogP contribution in [0.15, 0.2) is 116 Å². The molecule has 5 aromatic carbocycles. The summed E-state index contributed by atoms with van der Waals surface area (Å²) >= 11 is 0. The van der Waals surface area contributed by atoms with Crippen LogP contribution in [0.1, 0.15) is 48.6 Å². The molecule has 0 atom stereocenters. The summed E-state index contributed by atoms with van der Waals surface area (Å²) in [7, 11) is 8.11. The van der Waals surface area contributed by atoms with Crippen LogP contribution in [-0.4, -0.2) is 84.2 Å². The SMILES string of the molecule is CN(C)CCc1cn(C)c2ccc(F)c(OCCc3ccccc3)c12.Cn1cc(CCO)c2c(OCCc3ccccc3)c(F)ccc21.Cn1cc(CCO[Si](C)(C)C(C)(C)C)c2c(O)c(F)ccc21. The molecule has 70 heavy (non-hydrogen) atoms. The van der Waals surface area contributed by atoms with Gasteiger partial charge in [-0.2, -0.15) is 0 Å². The highest BCUT2D eigenvalue weighted by molar-refractivity contribution is 6.74. The number of halogens is 3. The molecule has 374 valence electrons. The zero-order chi connectivity index (χ0) is 50.8. The maximum Gasteiger partial charge on any atom is 0.191 e. The molecular weight excluding hydrogens is 906 g/mol. The number of aromatic hydroxyl groups is 1. The second-order valence-electron chi connectivity index (χ2n) is 19.7. The molecule has 13 heteroatoms. The van der Waals surface area contributed by atoms with Gasteiger partial charge in [-0.05, 0) is 116 Å². The van der Waals surface area contributed by atoms with Gasteiger partial charge in [0.15, 0.2) is 43.0 Å². The van der Waals surface area contributed by atoms with Crippen LogP contribution >= 0.6 is 0 Å². The van der Waals surface area contributed by atoms with Crippen LogP contribution in [0, 0.1) is 17.5 Å². The molecule has 3 heterocycles. The van der Waals surface area contributed by atoms with E-state index in [9.17, 15) is 23.4 Å². The number of benzene rings is 5. The Morgan fingerprint density at radius 2 is 0.957 bits per heavy atom. The molecule has 0 bridgehead atoms. The number of hydrogen-bond acceptors (Lipinski definition) is 6. The van der Waals surface area contributed by atoms with Crippen LogP contribution in [0.2, 0.25) is 18.1 Å². The molecule has 0 aliphatic carbocycles. The van der Waals surface area contributed by atoms with E-state index in [0.29, 0.717) is 43.8 Å². The monoisotopic (exact) mass is 977 g/mol. The first-order valence-corrected chi connectivity index (χ1v) is 26.9. The van der Waals surface area contributed by atoms with Gasteiger partial charge in [0.25, 0.3) is 0 Å². The zero-order valence-electron chi connectivity index (χ0n) is 42.6. The first kappa shape index (κ1) is 53.4. The molecule has 0 saturated heterocycles. The van der Waals surface area contributed by atoms with Crippen molar-refractivity contribution in [2.75, 3.05) is 47.1 Å². The number of phenols is 1. The number of hydrogen-bond donors (Lipinski definition) is 2. The van der Waals surface area contributed by atoms with Gasteiger partial charge in [-0.1, -0.05) is 81.4 Å². The van der Waals surface area contributed by atoms with E-state index >= 15 is 0 Å². The topological polar surface area (TPSA) is 86.2 Å². The van der Waals surface area contributed by atoms with Crippen molar-refractivity contribution in [3.63, 3.8) is 0 Å². The molecule has 0 saturated carbocycles. The highest BCUT2D eigenvalue weighted by Gasteiger charge is 2.37. The van der Waals surface area contributed by atoms with Crippen molar-refractivity contribution in [1.82, 2.24) is 18.6 Å². The van der Waals surface area contributed by atoms with Gasteiger partial charge >= 0.3 is 0 Å². The van der Waals surface area contributed by atoms with Gasteiger partial charge in [-0.15, -0.1) is 0 Å². The molecule has 3 aromatic heterocycles. The molecule has 0 aliphatic heterocycles. The fraction of sp³-hybridized carbons (Fsp3) is 0.368.